The first kappa shape index (κ1) is 21.2. The SMILES string of the molecule is CC(O)CC(=O)Nc1ccc(NC(=O)c2cc(-c3ccccc3)nc3ccccc23)cc1. The predicted octanol–water partition coefficient (Wildman–Crippen LogP) is 4.86. The topological polar surface area (TPSA) is 91.3 Å². The van der Waals surface area contributed by atoms with Crippen molar-refractivity contribution < 1.29 is 14.7 Å². The van der Waals surface area contributed by atoms with Gasteiger partial charge in [-0.2, -0.15) is 0 Å². The number of fused-ring (bicyclic) bond motifs is 1. The lowest BCUT2D eigenvalue weighted by atomic mass is 10.0. The lowest BCUT2D eigenvalue weighted by Crippen LogP contribution is -2.17. The van der Waals surface area contributed by atoms with Gasteiger partial charge in [0.1, 0.15) is 0 Å². The summed E-state index contributed by atoms with van der Waals surface area (Å²) in [6.07, 6.45) is -0.679. The normalized spacial score (nSPS) is 11.7. The molecule has 2 amide bonds. The molecule has 0 spiro atoms. The molecule has 32 heavy (non-hydrogen) atoms. The zero-order valence-electron chi connectivity index (χ0n) is 17.6. The van der Waals surface area contributed by atoms with Crippen LogP contribution in [-0.2, 0) is 4.79 Å². The van der Waals surface area contributed by atoms with Crippen molar-refractivity contribution in [3.63, 3.8) is 0 Å². The van der Waals surface area contributed by atoms with Crippen LogP contribution in [0.4, 0.5) is 11.4 Å². The van der Waals surface area contributed by atoms with E-state index in [4.69, 9.17) is 4.98 Å². The Labute approximate surface area is 185 Å². The number of aliphatic hydroxyl groups excluding tert-OH is 1. The third kappa shape index (κ3) is 4.99. The third-order valence-electron chi connectivity index (χ3n) is 4.94. The molecule has 0 fully saturated rings. The second-order valence-electron chi connectivity index (χ2n) is 7.57. The van der Waals surface area contributed by atoms with Crippen molar-refractivity contribution in [2.45, 2.75) is 19.4 Å². The summed E-state index contributed by atoms with van der Waals surface area (Å²) in [5, 5.41) is 15.7. The van der Waals surface area contributed by atoms with Gasteiger partial charge in [-0.15, -0.1) is 0 Å². The Morgan fingerprint density at radius 2 is 1.50 bits per heavy atom. The fourth-order valence-electron chi connectivity index (χ4n) is 3.44. The Bertz CT molecular complexity index is 1250. The van der Waals surface area contributed by atoms with E-state index in [9.17, 15) is 14.7 Å². The number of anilines is 2. The summed E-state index contributed by atoms with van der Waals surface area (Å²) in [5.41, 5.74) is 4.13. The van der Waals surface area contributed by atoms with Gasteiger partial charge in [-0.3, -0.25) is 9.59 Å². The lowest BCUT2D eigenvalue weighted by Gasteiger charge is -2.11. The van der Waals surface area contributed by atoms with E-state index in [1.54, 1.807) is 37.3 Å². The van der Waals surface area contributed by atoms with Crippen LogP contribution in [0.2, 0.25) is 0 Å². The molecule has 0 radical (unpaired) electrons. The molecular formula is C26H23N3O3. The highest BCUT2D eigenvalue weighted by atomic mass is 16.3. The number of aliphatic hydroxyl groups is 1. The highest BCUT2D eigenvalue weighted by Crippen LogP contribution is 2.26. The van der Waals surface area contributed by atoms with Crippen molar-refractivity contribution in [3.8, 4) is 11.3 Å². The Kier molecular flexibility index (Phi) is 6.24. The van der Waals surface area contributed by atoms with E-state index in [1.165, 1.54) is 0 Å². The smallest absolute Gasteiger partial charge is 0.256 e. The molecule has 0 aliphatic rings. The van der Waals surface area contributed by atoms with Gasteiger partial charge >= 0.3 is 0 Å². The van der Waals surface area contributed by atoms with Crippen molar-refractivity contribution in [2.24, 2.45) is 0 Å². The second-order valence-corrected chi connectivity index (χ2v) is 7.57. The van der Waals surface area contributed by atoms with E-state index < -0.39 is 6.10 Å². The molecule has 1 unspecified atom stereocenters. The summed E-state index contributed by atoms with van der Waals surface area (Å²) < 4.78 is 0. The third-order valence-corrected chi connectivity index (χ3v) is 4.94. The molecule has 3 aromatic carbocycles. The number of carbonyl (C=O) groups excluding carboxylic acids is 2. The van der Waals surface area contributed by atoms with E-state index >= 15 is 0 Å². The summed E-state index contributed by atoms with van der Waals surface area (Å²) in [6.45, 7) is 1.56. The molecule has 3 N–H and O–H groups in total. The van der Waals surface area contributed by atoms with E-state index in [-0.39, 0.29) is 18.2 Å². The van der Waals surface area contributed by atoms with Gasteiger partial charge in [0, 0.05) is 22.3 Å². The average molecular weight is 425 g/mol. The van der Waals surface area contributed by atoms with E-state index in [2.05, 4.69) is 10.6 Å². The van der Waals surface area contributed by atoms with Gasteiger partial charge in [-0.25, -0.2) is 4.98 Å². The summed E-state index contributed by atoms with van der Waals surface area (Å²) in [6, 6.07) is 25.9. The van der Waals surface area contributed by atoms with Crippen LogP contribution in [0, 0.1) is 0 Å². The van der Waals surface area contributed by atoms with Crippen LogP contribution in [-0.4, -0.2) is 28.0 Å². The highest BCUT2D eigenvalue weighted by molar-refractivity contribution is 6.13. The largest absolute Gasteiger partial charge is 0.393 e. The molecular weight excluding hydrogens is 402 g/mol. The Morgan fingerprint density at radius 1 is 0.875 bits per heavy atom. The number of carbonyl (C=O) groups is 2. The predicted molar refractivity (Wildman–Crippen MR) is 127 cm³/mol. The molecule has 0 bridgehead atoms. The van der Waals surface area contributed by atoms with Crippen LogP contribution < -0.4 is 10.6 Å². The van der Waals surface area contributed by atoms with Crippen molar-refractivity contribution >= 4 is 34.1 Å². The number of benzene rings is 3. The average Bonchev–Trinajstić information content (AvgIpc) is 2.79. The Hall–Kier alpha value is -4.03. The maximum atomic E-state index is 13.2. The molecule has 1 heterocycles. The highest BCUT2D eigenvalue weighted by Gasteiger charge is 2.14. The minimum atomic E-state index is -0.704. The molecule has 6 nitrogen and oxygen atoms in total. The summed E-state index contributed by atoms with van der Waals surface area (Å²) in [5.74, 6) is -0.514. The minimum absolute atomic E-state index is 0.0252. The summed E-state index contributed by atoms with van der Waals surface area (Å²) in [7, 11) is 0. The van der Waals surface area contributed by atoms with Crippen molar-refractivity contribution in [1.29, 1.82) is 0 Å². The van der Waals surface area contributed by atoms with Gasteiger partial charge in [0.05, 0.1) is 29.3 Å². The molecule has 1 atom stereocenters. The van der Waals surface area contributed by atoms with Crippen LogP contribution in [0.3, 0.4) is 0 Å². The molecule has 0 aliphatic heterocycles. The van der Waals surface area contributed by atoms with Gasteiger partial charge < -0.3 is 15.7 Å². The molecule has 160 valence electrons. The van der Waals surface area contributed by atoms with Crippen molar-refractivity contribution in [3.05, 3.63) is 90.5 Å². The van der Waals surface area contributed by atoms with E-state index in [0.29, 0.717) is 16.9 Å². The van der Waals surface area contributed by atoms with E-state index in [1.807, 2.05) is 54.6 Å². The number of rotatable bonds is 6. The molecule has 1 aromatic heterocycles. The second kappa shape index (κ2) is 9.41. The van der Waals surface area contributed by atoms with Gasteiger partial charge in [0.2, 0.25) is 5.91 Å². The maximum absolute atomic E-state index is 13.2. The first-order valence-corrected chi connectivity index (χ1v) is 10.3. The standard InChI is InChI=1S/C26H23N3O3/c1-17(30)15-25(31)27-19-11-13-20(14-12-19)28-26(32)22-16-24(18-7-3-2-4-8-18)29-23-10-6-5-9-21(22)23/h2-14,16-17,30H,15H2,1H3,(H,27,31)(H,28,32). The number of aromatic nitrogens is 1. The first-order chi connectivity index (χ1) is 15.5. The molecule has 6 heteroatoms. The molecule has 4 rings (SSSR count). The van der Waals surface area contributed by atoms with E-state index in [0.717, 1.165) is 22.2 Å². The molecule has 0 aliphatic carbocycles. The number of para-hydroxylation sites is 1. The molecule has 0 saturated heterocycles. The fraction of sp³-hybridized carbons (Fsp3) is 0.115. The first-order valence-electron chi connectivity index (χ1n) is 10.3. The summed E-state index contributed by atoms with van der Waals surface area (Å²) >= 11 is 0. The van der Waals surface area contributed by atoms with Crippen LogP contribution in [0.5, 0.6) is 0 Å². The molecule has 0 saturated carbocycles. The number of amides is 2. The molecule has 4 aromatic rings. The van der Waals surface area contributed by atoms with Crippen LogP contribution >= 0.6 is 0 Å². The Balaban J connectivity index is 1.58. The van der Waals surface area contributed by atoms with Crippen LogP contribution in [0.15, 0.2) is 84.9 Å². The van der Waals surface area contributed by atoms with Crippen LogP contribution in [0.1, 0.15) is 23.7 Å². The van der Waals surface area contributed by atoms with Gasteiger partial charge in [0.25, 0.3) is 5.91 Å². The summed E-state index contributed by atoms with van der Waals surface area (Å²) in [4.78, 5) is 29.7. The number of nitrogens with one attached hydrogen (secondary N) is 2. The fourth-order valence-corrected chi connectivity index (χ4v) is 3.44. The van der Waals surface area contributed by atoms with Crippen molar-refractivity contribution in [2.75, 3.05) is 10.6 Å². The Morgan fingerprint density at radius 3 is 2.19 bits per heavy atom. The van der Waals surface area contributed by atoms with Crippen LogP contribution in [0.25, 0.3) is 22.2 Å². The van der Waals surface area contributed by atoms with Gasteiger partial charge in [-0.05, 0) is 43.3 Å². The van der Waals surface area contributed by atoms with Gasteiger partial charge in [-0.1, -0.05) is 48.5 Å². The zero-order valence-corrected chi connectivity index (χ0v) is 17.6. The van der Waals surface area contributed by atoms with Gasteiger partial charge in [0.15, 0.2) is 0 Å². The number of hydrogen-bond acceptors (Lipinski definition) is 4. The number of pyridine rings is 1. The maximum Gasteiger partial charge on any atom is 0.256 e. The number of hydrogen-bond donors (Lipinski definition) is 3. The quantitative estimate of drug-likeness (QED) is 0.411. The van der Waals surface area contributed by atoms with Crippen molar-refractivity contribution in [1.82, 2.24) is 4.98 Å². The number of nitrogens with zero attached hydrogens (tertiary/aromatic N) is 1. The lowest BCUT2D eigenvalue weighted by molar-refractivity contribution is -0.117. The monoisotopic (exact) mass is 425 g/mol. The minimum Gasteiger partial charge on any atom is -0.393 e. The zero-order chi connectivity index (χ0) is 22.5.